The van der Waals surface area contributed by atoms with Crippen LogP contribution in [0, 0.1) is 35.0 Å². The van der Waals surface area contributed by atoms with Crippen LogP contribution in [0.4, 0.5) is 4.39 Å². The fraction of sp³-hybridized carbons (Fsp3) is 0.857. The summed E-state index contributed by atoms with van der Waals surface area (Å²) >= 11 is 0. The molecule has 5 aliphatic rings. The van der Waals surface area contributed by atoms with Gasteiger partial charge < -0.3 is 34.6 Å². The average molecular weight is 571 g/mol. The summed E-state index contributed by atoms with van der Waals surface area (Å²) in [7, 11) is 0. The molecule has 40 heavy (non-hydrogen) atoms. The standard InChI is InChI=1S/C28H39FO11/c1-12(30)38-11-19(31)18-8-7-16-17-5-3-13-9-14(4-6-15(13)28(17,29)20(32)10-27(16,18)2)39-26-23(35)21(33)22(34)24(40-26)25(36)37/h13-18,21-24,26,33-35H,3-11H2,1-2H3,(H,36,37)/t13-,14-,15-,16-,17-,18+,21+,22-,23+,24-,26?,27-,28-/m0/s1. The zero-order valence-corrected chi connectivity index (χ0v) is 22.7. The number of esters is 1. The lowest BCUT2D eigenvalue weighted by Gasteiger charge is -2.58. The lowest BCUT2D eigenvalue weighted by molar-refractivity contribution is -0.308. The molecule has 0 bridgehead atoms. The number of hydrogen-bond donors (Lipinski definition) is 4. The van der Waals surface area contributed by atoms with E-state index in [9.17, 15) is 39.6 Å². The van der Waals surface area contributed by atoms with Gasteiger partial charge in [0.1, 0.15) is 24.9 Å². The first-order chi connectivity index (χ1) is 18.8. The molecule has 1 saturated heterocycles. The van der Waals surface area contributed by atoms with Crippen molar-refractivity contribution in [3.05, 3.63) is 0 Å². The van der Waals surface area contributed by atoms with Crippen LogP contribution in [0.3, 0.4) is 0 Å². The Morgan fingerprint density at radius 1 is 0.975 bits per heavy atom. The molecule has 0 aromatic heterocycles. The van der Waals surface area contributed by atoms with Gasteiger partial charge in [0.2, 0.25) is 0 Å². The number of carboxylic acid groups (broad SMARTS) is 1. The predicted octanol–water partition coefficient (Wildman–Crippen LogP) is 0.936. The topological polar surface area (TPSA) is 177 Å². The summed E-state index contributed by atoms with van der Waals surface area (Å²) in [5.41, 5.74) is -2.69. The number of hydrogen-bond acceptors (Lipinski definition) is 10. The Morgan fingerprint density at radius 2 is 1.65 bits per heavy atom. The maximum Gasteiger partial charge on any atom is 0.335 e. The molecule has 4 saturated carbocycles. The van der Waals surface area contributed by atoms with Gasteiger partial charge in [0.25, 0.3) is 0 Å². The summed E-state index contributed by atoms with van der Waals surface area (Å²) in [6.45, 7) is 2.80. The SMILES string of the molecule is CC(=O)OCC(=O)[C@H]1CC[C@H]2[C@@H]3CC[C@H]4C[C@@H](OC5O[C@H](C(=O)O)[C@@H](O)[C@@H](O)[C@H]5O)CC[C@@H]4[C@@]3(F)C(=O)C[C@]12C. The minimum atomic E-state index is -2.01. The number of aliphatic hydroxyl groups is 3. The Hall–Kier alpha value is -1.99. The highest BCUT2D eigenvalue weighted by Crippen LogP contribution is 2.65. The van der Waals surface area contributed by atoms with E-state index >= 15 is 4.39 Å². The van der Waals surface area contributed by atoms with Gasteiger partial charge in [-0.1, -0.05) is 6.92 Å². The summed E-state index contributed by atoms with van der Waals surface area (Å²) in [6.07, 6.45) is -5.68. The van der Waals surface area contributed by atoms with Crippen molar-refractivity contribution in [2.24, 2.45) is 35.0 Å². The lowest BCUT2D eigenvalue weighted by atomic mass is 9.47. The quantitative estimate of drug-likeness (QED) is 0.264. The van der Waals surface area contributed by atoms with Crippen LogP contribution < -0.4 is 0 Å². The van der Waals surface area contributed by atoms with Crippen LogP contribution >= 0.6 is 0 Å². The van der Waals surface area contributed by atoms with Crippen molar-refractivity contribution in [1.82, 2.24) is 0 Å². The minimum Gasteiger partial charge on any atom is -0.479 e. The first kappa shape index (κ1) is 29.5. The van der Waals surface area contributed by atoms with Crippen molar-refractivity contribution < 1.29 is 58.2 Å². The Labute approximate surface area is 231 Å². The number of halogens is 1. The van der Waals surface area contributed by atoms with Crippen LogP contribution in [-0.4, -0.2) is 93.0 Å². The van der Waals surface area contributed by atoms with E-state index in [-0.39, 0.29) is 30.6 Å². The third-order valence-corrected chi connectivity index (χ3v) is 10.7. The molecule has 5 fully saturated rings. The van der Waals surface area contributed by atoms with Gasteiger partial charge in [0.05, 0.1) is 6.10 Å². The van der Waals surface area contributed by atoms with Gasteiger partial charge in [0.15, 0.2) is 29.6 Å². The van der Waals surface area contributed by atoms with Crippen LogP contribution in [0.1, 0.15) is 65.2 Å². The van der Waals surface area contributed by atoms with Gasteiger partial charge in [0, 0.05) is 31.1 Å². The first-order valence-corrected chi connectivity index (χ1v) is 14.2. The number of alkyl halides is 1. The summed E-state index contributed by atoms with van der Waals surface area (Å²) in [5, 5.41) is 39.6. The largest absolute Gasteiger partial charge is 0.479 e. The van der Waals surface area contributed by atoms with Gasteiger partial charge in [-0.05, 0) is 62.2 Å². The molecule has 0 aromatic rings. The van der Waals surface area contributed by atoms with Crippen molar-refractivity contribution in [1.29, 1.82) is 0 Å². The molecular formula is C28H39FO11. The molecule has 13 atom stereocenters. The van der Waals surface area contributed by atoms with Gasteiger partial charge in [-0.3, -0.25) is 14.4 Å². The van der Waals surface area contributed by atoms with E-state index < -0.39 is 83.4 Å². The molecule has 0 radical (unpaired) electrons. The van der Waals surface area contributed by atoms with E-state index in [1.165, 1.54) is 6.92 Å². The number of ether oxygens (including phenoxy) is 3. The van der Waals surface area contributed by atoms with Crippen molar-refractivity contribution in [3.8, 4) is 0 Å². The number of carboxylic acids is 1. The Morgan fingerprint density at radius 3 is 2.33 bits per heavy atom. The molecule has 1 unspecified atom stereocenters. The second-order valence-corrected chi connectivity index (χ2v) is 12.7. The Balaban J connectivity index is 1.27. The van der Waals surface area contributed by atoms with Crippen molar-refractivity contribution in [2.45, 2.75) is 108 Å². The molecule has 11 nitrogen and oxygen atoms in total. The van der Waals surface area contributed by atoms with E-state index in [1.54, 1.807) is 0 Å². The number of Topliss-reactive ketones (excluding diaryl/α,β-unsaturated/α-hetero) is 2. The highest BCUT2D eigenvalue weighted by molar-refractivity contribution is 5.92. The molecule has 1 aliphatic heterocycles. The smallest absolute Gasteiger partial charge is 0.335 e. The van der Waals surface area contributed by atoms with E-state index in [0.29, 0.717) is 44.9 Å². The van der Waals surface area contributed by atoms with Crippen LogP contribution in [0.25, 0.3) is 0 Å². The summed E-state index contributed by atoms with van der Waals surface area (Å²) in [4.78, 5) is 49.2. The molecule has 0 spiro atoms. The summed E-state index contributed by atoms with van der Waals surface area (Å²) in [5.74, 6) is -4.53. The number of ketones is 2. The van der Waals surface area contributed by atoms with Crippen molar-refractivity contribution in [3.63, 3.8) is 0 Å². The molecule has 224 valence electrons. The van der Waals surface area contributed by atoms with Crippen LogP contribution in [0.15, 0.2) is 0 Å². The average Bonchev–Trinajstić information content (AvgIpc) is 3.23. The van der Waals surface area contributed by atoms with E-state index in [4.69, 9.17) is 14.2 Å². The molecule has 0 aromatic carbocycles. The molecule has 4 N–H and O–H groups in total. The van der Waals surface area contributed by atoms with Crippen molar-refractivity contribution >= 4 is 23.5 Å². The van der Waals surface area contributed by atoms with E-state index in [1.807, 2.05) is 6.92 Å². The summed E-state index contributed by atoms with van der Waals surface area (Å²) < 4.78 is 33.1. The molecule has 0 amide bonds. The van der Waals surface area contributed by atoms with Gasteiger partial charge in [-0.25, -0.2) is 9.18 Å². The number of carbonyl (C=O) groups is 4. The summed E-state index contributed by atoms with van der Waals surface area (Å²) in [6, 6.07) is 0. The zero-order valence-electron chi connectivity index (χ0n) is 22.7. The number of carbonyl (C=O) groups excluding carboxylic acids is 3. The molecule has 4 aliphatic carbocycles. The second-order valence-electron chi connectivity index (χ2n) is 12.7. The van der Waals surface area contributed by atoms with Crippen molar-refractivity contribution in [2.75, 3.05) is 6.61 Å². The minimum absolute atomic E-state index is 0.0385. The lowest BCUT2D eigenvalue weighted by Crippen LogP contribution is -2.64. The molecule has 1 heterocycles. The third kappa shape index (κ3) is 4.69. The highest BCUT2D eigenvalue weighted by atomic mass is 19.1. The Kier molecular flexibility index (Phi) is 7.88. The van der Waals surface area contributed by atoms with Gasteiger partial charge in [-0.2, -0.15) is 0 Å². The fourth-order valence-corrected chi connectivity index (χ4v) is 8.82. The number of fused-ring (bicyclic) bond motifs is 5. The van der Waals surface area contributed by atoms with E-state index in [0.717, 1.165) is 0 Å². The predicted molar refractivity (Wildman–Crippen MR) is 132 cm³/mol. The van der Waals surface area contributed by atoms with Crippen LogP contribution in [0.2, 0.25) is 0 Å². The normalized spacial score (nSPS) is 48.5. The fourth-order valence-electron chi connectivity index (χ4n) is 8.82. The molecular weight excluding hydrogens is 531 g/mol. The molecule has 5 rings (SSSR count). The van der Waals surface area contributed by atoms with E-state index in [2.05, 4.69) is 0 Å². The third-order valence-electron chi connectivity index (χ3n) is 10.7. The first-order valence-electron chi connectivity index (χ1n) is 14.2. The van der Waals surface area contributed by atoms with Gasteiger partial charge in [-0.15, -0.1) is 0 Å². The monoisotopic (exact) mass is 570 g/mol. The Bertz CT molecular complexity index is 1050. The number of rotatable bonds is 6. The highest BCUT2D eigenvalue weighted by Gasteiger charge is 2.68. The second kappa shape index (κ2) is 10.7. The number of aliphatic hydroxyl groups excluding tert-OH is 3. The maximum absolute atomic E-state index is 17.1. The zero-order chi connectivity index (χ0) is 29.1. The van der Waals surface area contributed by atoms with Crippen LogP contribution in [0.5, 0.6) is 0 Å². The maximum atomic E-state index is 17.1. The number of aliphatic carboxylic acids is 1. The molecule has 12 heteroatoms. The van der Waals surface area contributed by atoms with Gasteiger partial charge >= 0.3 is 11.9 Å². The van der Waals surface area contributed by atoms with Crippen LogP contribution in [-0.2, 0) is 33.4 Å².